The van der Waals surface area contributed by atoms with Crippen molar-refractivity contribution in [1.82, 2.24) is 10.2 Å². The number of rotatable bonds is 4. The molecule has 0 spiro atoms. The maximum Gasteiger partial charge on any atom is 0.227 e. The van der Waals surface area contributed by atoms with Crippen LogP contribution in [0, 0.1) is 5.92 Å². The van der Waals surface area contributed by atoms with Gasteiger partial charge in [0.15, 0.2) is 0 Å². The standard InChI is InChI=1S/C15H22N2O2S/c1-2-16-15(19)12-5-3-8-17(9-7-12)14(18)11-13-6-4-10-20-13/h4,6,10,12H,2-3,5,7-9,11H2,1H3,(H,16,19). The highest BCUT2D eigenvalue weighted by molar-refractivity contribution is 7.10. The van der Waals surface area contributed by atoms with E-state index in [4.69, 9.17) is 0 Å². The van der Waals surface area contributed by atoms with Crippen LogP contribution in [0.5, 0.6) is 0 Å². The minimum absolute atomic E-state index is 0.0643. The summed E-state index contributed by atoms with van der Waals surface area (Å²) in [6.45, 7) is 4.09. The second-order valence-corrected chi connectivity index (χ2v) is 6.19. The van der Waals surface area contributed by atoms with E-state index in [0.717, 1.165) is 30.7 Å². The summed E-state index contributed by atoms with van der Waals surface area (Å²) in [5.74, 6) is 0.388. The first-order valence-electron chi connectivity index (χ1n) is 7.28. The van der Waals surface area contributed by atoms with Gasteiger partial charge in [-0.3, -0.25) is 9.59 Å². The van der Waals surface area contributed by atoms with Crippen LogP contribution in [0.1, 0.15) is 31.1 Å². The first-order valence-corrected chi connectivity index (χ1v) is 8.16. The number of hydrogen-bond acceptors (Lipinski definition) is 3. The largest absolute Gasteiger partial charge is 0.356 e. The third kappa shape index (κ3) is 4.07. The number of nitrogens with zero attached hydrogens (tertiary/aromatic N) is 1. The minimum atomic E-state index is 0.0643. The summed E-state index contributed by atoms with van der Waals surface area (Å²) >= 11 is 1.62. The van der Waals surface area contributed by atoms with Crippen molar-refractivity contribution in [2.75, 3.05) is 19.6 Å². The Kier molecular flexibility index (Phi) is 5.59. The van der Waals surface area contributed by atoms with E-state index in [1.165, 1.54) is 0 Å². The Balaban J connectivity index is 1.85. The lowest BCUT2D eigenvalue weighted by molar-refractivity contribution is -0.131. The highest BCUT2D eigenvalue weighted by atomic mass is 32.1. The molecule has 110 valence electrons. The molecule has 0 radical (unpaired) electrons. The van der Waals surface area contributed by atoms with Crippen molar-refractivity contribution in [3.63, 3.8) is 0 Å². The Morgan fingerprint density at radius 3 is 2.95 bits per heavy atom. The second-order valence-electron chi connectivity index (χ2n) is 5.16. The maximum atomic E-state index is 12.3. The highest BCUT2D eigenvalue weighted by Crippen LogP contribution is 2.19. The molecule has 1 unspecified atom stereocenters. The van der Waals surface area contributed by atoms with Crippen molar-refractivity contribution in [2.24, 2.45) is 5.92 Å². The zero-order valence-electron chi connectivity index (χ0n) is 11.9. The molecule has 0 saturated carbocycles. The third-order valence-corrected chi connectivity index (χ3v) is 4.58. The molecule has 1 atom stereocenters. The zero-order chi connectivity index (χ0) is 14.4. The molecule has 4 nitrogen and oxygen atoms in total. The molecule has 2 rings (SSSR count). The number of amides is 2. The number of thiophene rings is 1. The Morgan fingerprint density at radius 1 is 1.40 bits per heavy atom. The van der Waals surface area contributed by atoms with E-state index in [1.807, 2.05) is 29.3 Å². The minimum Gasteiger partial charge on any atom is -0.356 e. The van der Waals surface area contributed by atoms with Crippen molar-refractivity contribution >= 4 is 23.2 Å². The van der Waals surface area contributed by atoms with Gasteiger partial charge in [0, 0.05) is 30.4 Å². The Morgan fingerprint density at radius 2 is 2.25 bits per heavy atom. The van der Waals surface area contributed by atoms with Crippen LogP contribution in [-0.4, -0.2) is 36.3 Å². The molecule has 0 aliphatic carbocycles. The number of nitrogens with one attached hydrogen (secondary N) is 1. The van der Waals surface area contributed by atoms with Crippen molar-refractivity contribution < 1.29 is 9.59 Å². The van der Waals surface area contributed by atoms with E-state index in [2.05, 4.69) is 5.32 Å². The molecule has 1 saturated heterocycles. The summed E-state index contributed by atoms with van der Waals surface area (Å²) in [6, 6.07) is 3.97. The van der Waals surface area contributed by atoms with Gasteiger partial charge in [-0.25, -0.2) is 0 Å². The summed E-state index contributed by atoms with van der Waals surface area (Å²) in [6.07, 6.45) is 3.07. The maximum absolute atomic E-state index is 12.3. The van der Waals surface area contributed by atoms with Crippen LogP contribution < -0.4 is 5.32 Å². The van der Waals surface area contributed by atoms with Crippen LogP contribution in [0.15, 0.2) is 17.5 Å². The number of hydrogen-bond donors (Lipinski definition) is 1. The second kappa shape index (κ2) is 7.43. The van der Waals surface area contributed by atoms with Gasteiger partial charge in [0.25, 0.3) is 0 Å². The molecule has 1 aromatic heterocycles. The molecule has 1 aliphatic rings. The Labute approximate surface area is 124 Å². The smallest absolute Gasteiger partial charge is 0.227 e. The van der Waals surface area contributed by atoms with Crippen LogP contribution in [0.3, 0.4) is 0 Å². The van der Waals surface area contributed by atoms with E-state index in [0.29, 0.717) is 19.5 Å². The molecule has 1 N–H and O–H groups in total. The molecule has 1 aliphatic heterocycles. The molecule has 2 amide bonds. The lowest BCUT2D eigenvalue weighted by Crippen LogP contribution is -2.34. The summed E-state index contributed by atoms with van der Waals surface area (Å²) in [5, 5.41) is 4.88. The fraction of sp³-hybridized carbons (Fsp3) is 0.600. The van der Waals surface area contributed by atoms with E-state index in [1.54, 1.807) is 11.3 Å². The molecule has 1 fully saturated rings. The van der Waals surface area contributed by atoms with Crippen LogP contribution in [0.25, 0.3) is 0 Å². The van der Waals surface area contributed by atoms with Gasteiger partial charge in [0.05, 0.1) is 6.42 Å². The predicted octanol–water partition coefficient (Wildman–Crippen LogP) is 2.06. The average molecular weight is 294 g/mol. The van der Waals surface area contributed by atoms with E-state index in [-0.39, 0.29) is 17.7 Å². The van der Waals surface area contributed by atoms with Gasteiger partial charge in [-0.05, 0) is 37.6 Å². The van der Waals surface area contributed by atoms with Crippen LogP contribution in [0.2, 0.25) is 0 Å². The van der Waals surface area contributed by atoms with Crippen LogP contribution in [0.4, 0.5) is 0 Å². The molecule has 0 aromatic carbocycles. The van der Waals surface area contributed by atoms with Gasteiger partial charge in [-0.2, -0.15) is 0 Å². The van der Waals surface area contributed by atoms with Crippen LogP contribution >= 0.6 is 11.3 Å². The van der Waals surface area contributed by atoms with Gasteiger partial charge in [-0.1, -0.05) is 6.07 Å². The molecular formula is C15H22N2O2S. The molecule has 0 bridgehead atoms. The predicted molar refractivity (Wildman–Crippen MR) is 80.6 cm³/mol. The van der Waals surface area contributed by atoms with Crippen molar-refractivity contribution in [2.45, 2.75) is 32.6 Å². The summed E-state index contributed by atoms with van der Waals surface area (Å²) in [4.78, 5) is 27.1. The first-order chi connectivity index (χ1) is 9.70. The van der Waals surface area contributed by atoms with Gasteiger partial charge < -0.3 is 10.2 Å². The number of carbonyl (C=O) groups excluding carboxylic acids is 2. The molecule has 5 heteroatoms. The molecule has 20 heavy (non-hydrogen) atoms. The monoisotopic (exact) mass is 294 g/mol. The van der Waals surface area contributed by atoms with Gasteiger partial charge in [0.1, 0.15) is 0 Å². The molecule has 2 heterocycles. The van der Waals surface area contributed by atoms with Crippen molar-refractivity contribution in [3.8, 4) is 0 Å². The quantitative estimate of drug-likeness (QED) is 0.924. The van der Waals surface area contributed by atoms with Crippen molar-refractivity contribution in [3.05, 3.63) is 22.4 Å². The number of carbonyl (C=O) groups is 2. The summed E-state index contributed by atoms with van der Waals surface area (Å²) in [7, 11) is 0. The lowest BCUT2D eigenvalue weighted by Gasteiger charge is -2.20. The SMILES string of the molecule is CCNC(=O)C1CCCN(C(=O)Cc2cccs2)CC1. The van der Waals surface area contributed by atoms with Crippen LogP contribution in [-0.2, 0) is 16.0 Å². The normalized spacial score (nSPS) is 19.4. The number of likely N-dealkylation sites (tertiary alicyclic amines) is 1. The van der Waals surface area contributed by atoms with Gasteiger partial charge in [0.2, 0.25) is 11.8 Å². The zero-order valence-corrected chi connectivity index (χ0v) is 12.7. The summed E-state index contributed by atoms with van der Waals surface area (Å²) < 4.78 is 0. The fourth-order valence-corrected chi connectivity index (χ4v) is 3.30. The topological polar surface area (TPSA) is 49.4 Å². The first kappa shape index (κ1) is 15.0. The van der Waals surface area contributed by atoms with Gasteiger partial charge in [-0.15, -0.1) is 11.3 Å². The van der Waals surface area contributed by atoms with E-state index in [9.17, 15) is 9.59 Å². The third-order valence-electron chi connectivity index (χ3n) is 3.71. The van der Waals surface area contributed by atoms with E-state index < -0.39 is 0 Å². The van der Waals surface area contributed by atoms with Crippen molar-refractivity contribution in [1.29, 1.82) is 0 Å². The van der Waals surface area contributed by atoms with Gasteiger partial charge >= 0.3 is 0 Å². The van der Waals surface area contributed by atoms with E-state index >= 15 is 0 Å². The molecular weight excluding hydrogens is 272 g/mol. The Bertz CT molecular complexity index is 445. The fourth-order valence-electron chi connectivity index (χ4n) is 2.60. The lowest BCUT2D eigenvalue weighted by atomic mass is 10.00. The molecule has 1 aromatic rings. The highest BCUT2D eigenvalue weighted by Gasteiger charge is 2.24. The summed E-state index contributed by atoms with van der Waals surface area (Å²) in [5.41, 5.74) is 0. The Hall–Kier alpha value is -1.36. The average Bonchev–Trinajstić information content (AvgIpc) is 2.80.